The molecule has 4 rings (SSSR count). The van der Waals surface area contributed by atoms with Gasteiger partial charge in [0.2, 0.25) is 5.91 Å². The number of nitrogen functional groups attached to an aromatic ring is 1. The van der Waals surface area contributed by atoms with Crippen LogP contribution in [0.25, 0.3) is 21.8 Å². The molecule has 0 aliphatic carbocycles. The molecular formula is C23H22N4O. The first-order valence-electron chi connectivity index (χ1n) is 9.26. The molecule has 2 heterocycles. The van der Waals surface area contributed by atoms with Crippen LogP contribution in [0.3, 0.4) is 0 Å². The van der Waals surface area contributed by atoms with Gasteiger partial charge in [-0.1, -0.05) is 18.2 Å². The fourth-order valence-corrected chi connectivity index (χ4v) is 3.61. The van der Waals surface area contributed by atoms with Crippen LogP contribution in [-0.2, 0) is 12.8 Å². The predicted molar refractivity (Wildman–Crippen MR) is 113 cm³/mol. The molecule has 0 atom stereocenters. The number of pyridine rings is 2. The first-order valence-corrected chi connectivity index (χ1v) is 9.26. The number of carbonyl (C=O) groups is 1. The van der Waals surface area contributed by atoms with Gasteiger partial charge in [0.1, 0.15) is 5.52 Å². The van der Waals surface area contributed by atoms with E-state index in [1.165, 1.54) is 5.56 Å². The van der Waals surface area contributed by atoms with Crippen molar-refractivity contribution in [3.8, 4) is 0 Å². The molecule has 4 aromatic rings. The Morgan fingerprint density at radius 3 is 2.57 bits per heavy atom. The molecule has 0 aliphatic rings. The molecule has 1 amide bonds. The molecular weight excluding hydrogens is 348 g/mol. The summed E-state index contributed by atoms with van der Waals surface area (Å²) in [7, 11) is 0. The van der Waals surface area contributed by atoms with E-state index in [1.807, 2.05) is 38.2 Å². The highest BCUT2D eigenvalue weighted by Gasteiger charge is 2.10. The number of anilines is 1. The number of rotatable bonds is 4. The second-order valence-electron chi connectivity index (χ2n) is 7.26. The maximum absolute atomic E-state index is 11.3. The predicted octanol–water partition coefficient (Wildman–Crippen LogP) is 3.87. The summed E-state index contributed by atoms with van der Waals surface area (Å²) in [6, 6.07) is 14.0. The molecule has 0 fully saturated rings. The van der Waals surface area contributed by atoms with E-state index in [2.05, 4.69) is 28.2 Å². The van der Waals surface area contributed by atoms with E-state index in [9.17, 15) is 4.79 Å². The lowest BCUT2D eigenvalue weighted by Gasteiger charge is -2.10. The number of aromatic nitrogens is 2. The number of hydrogen-bond acceptors (Lipinski definition) is 4. The van der Waals surface area contributed by atoms with E-state index in [1.54, 1.807) is 6.07 Å². The first-order chi connectivity index (χ1) is 13.4. The molecule has 140 valence electrons. The maximum atomic E-state index is 11.3. The van der Waals surface area contributed by atoms with Gasteiger partial charge in [-0.15, -0.1) is 0 Å². The van der Waals surface area contributed by atoms with E-state index < -0.39 is 5.91 Å². The Balaban J connectivity index is 1.68. The second-order valence-corrected chi connectivity index (χ2v) is 7.26. The summed E-state index contributed by atoms with van der Waals surface area (Å²) in [4.78, 5) is 20.4. The van der Waals surface area contributed by atoms with Crippen molar-refractivity contribution in [3.63, 3.8) is 0 Å². The molecule has 0 unspecified atom stereocenters. The van der Waals surface area contributed by atoms with Crippen molar-refractivity contribution < 1.29 is 4.79 Å². The molecule has 2 aromatic carbocycles. The fourth-order valence-electron chi connectivity index (χ4n) is 3.61. The highest BCUT2D eigenvalue weighted by atomic mass is 16.1. The average Bonchev–Trinajstić information content (AvgIpc) is 2.66. The highest BCUT2D eigenvalue weighted by molar-refractivity contribution is 6.08. The van der Waals surface area contributed by atoms with Crippen LogP contribution in [0.4, 0.5) is 5.82 Å². The lowest BCUT2D eigenvalue weighted by atomic mass is 9.98. The number of hydrogen-bond donors (Lipinski definition) is 2. The van der Waals surface area contributed by atoms with Crippen LogP contribution in [0.5, 0.6) is 0 Å². The summed E-state index contributed by atoms with van der Waals surface area (Å²) in [6.45, 7) is 4.05. The third-order valence-corrected chi connectivity index (χ3v) is 5.18. The second kappa shape index (κ2) is 6.93. The summed E-state index contributed by atoms with van der Waals surface area (Å²) < 4.78 is 0. The van der Waals surface area contributed by atoms with Crippen molar-refractivity contribution >= 4 is 33.5 Å². The Morgan fingerprint density at radius 2 is 1.82 bits per heavy atom. The van der Waals surface area contributed by atoms with Crippen molar-refractivity contribution in [2.24, 2.45) is 5.73 Å². The van der Waals surface area contributed by atoms with E-state index in [-0.39, 0.29) is 0 Å². The van der Waals surface area contributed by atoms with Gasteiger partial charge in [0, 0.05) is 22.5 Å². The SMILES string of the molecule is Cc1ccc2c(c1)nc(N)c1ncc(CCc3ccc(C(N)=O)cc3C)cc12. The lowest BCUT2D eigenvalue weighted by molar-refractivity contribution is 0.1000. The zero-order chi connectivity index (χ0) is 19.8. The Morgan fingerprint density at radius 1 is 1.00 bits per heavy atom. The molecule has 28 heavy (non-hydrogen) atoms. The van der Waals surface area contributed by atoms with Crippen LogP contribution in [0.1, 0.15) is 32.6 Å². The van der Waals surface area contributed by atoms with Gasteiger partial charge in [-0.05, 0) is 73.2 Å². The minimum Gasteiger partial charge on any atom is -0.382 e. The van der Waals surface area contributed by atoms with Gasteiger partial charge in [-0.3, -0.25) is 9.78 Å². The van der Waals surface area contributed by atoms with Crippen LogP contribution in [0.15, 0.2) is 48.7 Å². The third-order valence-electron chi connectivity index (χ3n) is 5.18. The number of nitrogens with two attached hydrogens (primary N) is 2. The largest absolute Gasteiger partial charge is 0.382 e. The molecule has 2 aromatic heterocycles. The zero-order valence-electron chi connectivity index (χ0n) is 16.0. The van der Waals surface area contributed by atoms with Crippen molar-refractivity contribution in [2.75, 3.05) is 5.73 Å². The number of nitrogens with zero attached hydrogens (tertiary/aromatic N) is 2. The molecule has 0 saturated carbocycles. The summed E-state index contributed by atoms with van der Waals surface area (Å²) in [6.07, 6.45) is 3.57. The minimum absolute atomic E-state index is 0.401. The summed E-state index contributed by atoms with van der Waals surface area (Å²) >= 11 is 0. The van der Waals surface area contributed by atoms with Gasteiger partial charge in [0.25, 0.3) is 0 Å². The smallest absolute Gasteiger partial charge is 0.248 e. The topological polar surface area (TPSA) is 94.9 Å². The minimum atomic E-state index is -0.401. The molecule has 0 radical (unpaired) electrons. The number of primary amides is 1. The Bertz CT molecular complexity index is 1230. The van der Waals surface area contributed by atoms with Crippen molar-refractivity contribution in [1.82, 2.24) is 9.97 Å². The van der Waals surface area contributed by atoms with Crippen LogP contribution >= 0.6 is 0 Å². The average molecular weight is 370 g/mol. The molecule has 5 nitrogen and oxygen atoms in total. The van der Waals surface area contributed by atoms with E-state index in [4.69, 9.17) is 11.5 Å². The van der Waals surface area contributed by atoms with E-state index in [0.29, 0.717) is 11.4 Å². The Labute approximate surface area is 163 Å². The molecule has 0 aliphatic heterocycles. The fraction of sp³-hybridized carbons (Fsp3) is 0.174. The third kappa shape index (κ3) is 3.27. The molecule has 5 heteroatoms. The van der Waals surface area contributed by atoms with Gasteiger partial charge < -0.3 is 11.5 Å². The van der Waals surface area contributed by atoms with Gasteiger partial charge >= 0.3 is 0 Å². The number of amides is 1. The van der Waals surface area contributed by atoms with E-state index in [0.717, 1.165) is 51.3 Å². The lowest BCUT2D eigenvalue weighted by Crippen LogP contribution is -2.11. The molecule has 0 bridgehead atoms. The quantitative estimate of drug-likeness (QED) is 0.533. The maximum Gasteiger partial charge on any atom is 0.248 e. The van der Waals surface area contributed by atoms with Crippen molar-refractivity contribution in [3.05, 3.63) is 76.5 Å². The van der Waals surface area contributed by atoms with Crippen molar-refractivity contribution in [2.45, 2.75) is 26.7 Å². The van der Waals surface area contributed by atoms with Crippen LogP contribution in [0.2, 0.25) is 0 Å². The number of carbonyl (C=O) groups excluding carboxylic acids is 1. The van der Waals surface area contributed by atoms with Gasteiger partial charge in [-0.25, -0.2) is 4.98 Å². The van der Waals surface area contributed by atoms with Crippen LogP contribution < -0.4 is 11.5 Å². The monoisotopic (exact) mass is 370 g/mol. The van der Waals surface area contributed by atoms with Gasteiger partial charge in [0.05, 0.1) is 5.52 Å². The Hall–Kier alpha value is -3.47. The van der Waals surface area contributed by atoms with Crippen LogP contribution in [-0.4, -0.2) is 15.9 Å². The zero-order valence-corrected chi connectivity index (χ0v) is 16.0. The van der Waals surface area contributed by atoms with Gasteiger partial charge in [-0.2, -0.15) is 0 Å². The molecule has 0 spiro atoms. The summed E-state index contributed by atoms with van der Waals surface area (Å²) in [5.74, 6) is 0.0548. The Kier molecular flexibility index (Phi) is 4.43. The summed E-state index contributed by atoms with van der Waals surface area (Å²) in [5, 5.41) is 2.09. The van der Waals surface area contributed by atoms with E-state index >= 15 is 0 Å². The number of benzene rings is 2. The summed E-state index contributed by atoms with van der Waals surface area (Å²) in [5.41, 5.74) is 18.2. The molecule has 0 saturated heterocycles. The standard InChI is InChI=1S/C23H22N4O/c1-13-3-8-18-19-11-15(12-26-21(19)22(24)27-20(18)9-13)4-5-16-6-7-17(23(25)28)10-14(16)2/h3,6-12H,4-5H2,1-2H3,(H2,24,27)(H2,25,28). The number of aryl methyl sites for hydroxylation is 4. The van der Waals surface area contributed by atoms with Crippen LogP contribution in [0, 0.1) is 13.8 Å². The van der Waals surface area contributed by atoms with Crippen molar-refractivity contribution in [1.29, 1.82) is 0 Å². The first kappa shape index (κ1) is 17.9. The highest BCUT2D eigenvalue weighted by Crippen LogP contribution is 2.28. The molecule has 4 N–H and O–H groups in total. The normalized spacial score (nSPS) is 11.2. The number of fused-ring (bicyclic) bond motifs is 3. The van der Waals surface area contributed by atoms with Gasteiger partial charge in [0.15, 0.2) is 5.82 Å².